The van der Waals surface area contributed by atoms with Gasteiger partial charge in [-0.05, 0) is 19.1 Å². The molecule has 0 saturated carbocycles. The maximum Gasteiger partial charge on any atom is 0.311 e. The predicted octanol–water partition coefficient (Wildman–Crippen LogP) is 3.72. The molecule has 0 fully saturated rings. The zero-order chi connectivity index (χ0) is 15.6. The van der Waals surface area contributed by atoms with Crippen LogP contribution in [0.3, 0.4) is 0 Å². The molecule has 2 aromatic carbocycles. The van der Waals surface area contributed by atoms with Gasteiger partial charge in [0.2, 0.25) is 5.75 Å². The smallest absolute Gasteiger partial charge is 0.311 e. The van der Waals surface area contributed by atoms with E-state index >= 15 is 0 Å². The lowest BCUT2D eigenvalue weighted by Crippen LogP contribution is -2.01. The molecule has 0 aliphatic carbocycles. The van der Waals surface area contributed by atoms with Crippen LogP contribution in [0.5, 0.6) is 11.5 Å². The fourth-order valence-electron chi connectivity index (χ4n) is 1.79. The second kappa shape index (κ2) is 5.84. The molecule has 110 valence electrons. The van der Waals surface area contributed by atoms with Crippen molar-refractivity contribution in [3.8, 4) is 11.5 Å². The van der Waals surface area contributed by atoms with E-state index in [1.165, 1.54) is 19.1 Å². The van der Waals surface area contributed by atoms with Gasteiger partial charge in [-0.15, -0.1) is 0 Å². The van der Waals surface area contributed by atoms with Crippen LogP contribution in [-0.4, -0.2) is 10.0 Å². The average Bonchev–Trinajstić information content (AvgIpc) is 2.40. The molecule has 0 saturated heterocycles. The van der Waals surface area contributed by atoms with E-state index in [0.29, 0.717) is 0 Å². The first kappa shape index (κ1) is 14.9. The maximum absolute atomic E-state index is 13.8. The molecule has 2 rings (SSSR count). The Hall–Kier alpha value is -2.54. The van der Waals surface area contributed by atoms with Gasteiger partial charge < -0.3 is 9.84 Å². The van der Waals surface area contributed by atoms with Crippen molar-refractivity contribution >= 4 is 5.69 Å². The normalized spacial score (nSPS) is 12.0. The summed E-state index contributed by atoms with van der Waals surface area (Å²) < 4.78 is 32.2. The van der Waals surface area contributed by atoms with Crippen LogP contribution in [-0.2, 0) is 0 Å². The highest BCUT2D eigenvalue weighted by atomic mass is 19.1. The first-order valence-electron chi connectivity index (χ1n) is 5.98. The van der Waals surface area contributed by atoms with E-state index < -0.39 is 34.1 Å². The third-order valence-corrected chi connectivity index (χ3v) is 2.78. The summed E-state index contributed by atoms with van der Waals surface area (Å²) in [5, 5.41) is 20.5. The lowest BCUT2D eigenvalue weighted by atomic mass is 10.1. The Morgan fingerprint density at radius 1 is 1.29 bits per heavy atom. The number of aliphatic hydroxyl groups is 1. The SMILES string of the molecule is CC(O)c1cccc(F)c1Oc1cc(F)ccc1[N+](=O)[O-]. The first-order valence-corrected chi connectivity index (χ1v) is 5.98. The fraction of sp³-hybridized carbons (Fsp3) is 0.143. The molecular weight excluding hydrogens is 284 g/mol. The van der Waals surface area contributed by atoms with Gasteiger partial charge in [0.15, 0.2) is 11.6 Å². The minimum Gasteiger partial charge on any atom is -0.447 e. The second-order valence-electron chi connectivity index (χ2n) is 4.31. The number of nitrogens with zero attached hydrogens (tertiary/aromatic N) is 1. The minimum absolute atomic E-state index is 0.105. The minimum atomic E-state index is -1.05. The average molecular weight is 295 g/mol. The van der Waals surface area contributed by atoms with E-state index in [-0.39, 0.29) is 11.3 Å². The molecule has 5 nitrogen and oxygen atoms in total. The monoisotopic (exact) mass is 295 g/mol. The van der Waals surface area contributed by atoms with E-state index in [0.717, 1.165) is 24.3 Å². The lowest BCUT2D eigenvalue weighted by molar-refractivity contribution is -0.385. The van der Waals surface area contributed by atoms with Crippen molar-refractivity contribution in [2.24, 2.45) is 0 Å². The van der Waals surface area contributed by atoms with Crippen molar-refractivity contribution < 1.29 is 23.5 Å². The van der Waals surface area contributed by atoms with Crippen molar-refractivity contribution in [3.63, 3.8) is 0 Å². The van der Waals surface area contributed by atoms with Gasteiger partial charge in [0.25, 0.3) is 0 Å². The Balaban J connectivity index is 2.53. The van der Waals surface area contributed by atoms with Crippen molar-refractivity contribution in [3.05, 3.63) is 63.7 Å². The lowest BCUT2D eigenvalue weighted by Gasteiger charge is -2.13. The van der Waals surface area contributed by atoms with Crippen molar-refractivity contribution in [2.45, 2.75) is 13.0 Å². The van der Waals surface area contributed by atoms with Crippen LogP contribution in [0.2, 0.25) is 0 Å². The summed E-state index contributed by atoms with van der Waals surface area (Å²) in [5.74, 6) is -2.38. The summed E-state index contributed by atoms with van der Waals surface area (Å²) in [6, 6.07) is 6.47. The number of aliphatic hydroxyl groups excluding tert-OH is 1. The van der Waals surface area contributed by atoms with Crippen LogP contribution in [0.25, 0.3) is 0 Å². The number of halogens is 2. The van der Waals surface area contributed by atoms with Gasteiger partial charge in [-0.1, -0.05) is 12.1 Å². The van der Waals surface area contributed by atoms with Gasteiger partial charge in [-0.25, -0.2) is 8.78 Å². The standard InChI is InChI=1S/C14H11F2NO4/c1-8(18)10-3-2-4-11(16)14(10)21-13-7-9(15)5-6-12(13)17(19)20/h2-8,18H,1H3. The Kier molecular flexibility index (Phi) is 4.13. The van der Waals surface area contributed by atoms with E-state index in [1.807, 2.05) is 0 Å². The molecule has 1 N–H and O–H groups in total. The Morgan fingerprint density at radius 2 is 2.00 bits per heavy atom. The summed E-state index contributed by atoms with van der Waals surface area (Å²) in [4.78, 5) is 10.1. The molecule has 1 atom stereocenters. The third-order valence-electron chi connectivity index (χ3n) is 2.78. The van der Waals surface area contributed by atoms with Crippen LogP contribution in [0, 0.1) is 21.7 Å². The summed E-state index contributed by atoms with van der Waals surface area (Å²) in [6.45, 7) is 1.39. The number of para-hydroxylation sites is 1. The molecule has 1 unspecified atom stereocenters. The Bertz CT molecular complexity index is 689. The molecule has 0 radical (unpaired) electrons. The van der Waals surface area contributed by atoms with E-state index in [1.54, 1.807) is 0 Å². The molecule has 0 amide bonds. The number of benzene rings is 2. The predicted molar refractivity (Wildman–Crippen MR) is 70.2 cm³/mol. The van der Waals surface area contributed by atoms with E-state index in [4.69, 9.17) is 4.74 Å². The molecular formula is C14H11F2NO4. The highest BCUT2D eigenvalue weighted by Gasteiger charge is 2.21. The zero-order valence-corrected chi connectivity index (χ0v) is 10.9. The van der Waals surface area contributed by atoms with E-state index in [2.05, 4.69) is 0 Å². The van der Waals surface area contributed by atoms with Gasteiger partial charge >= 0.3 is 5.69 Å². The van der Waals surface area contributed by atoms with Crippen molar-refractivity contribution in [1.29, 1.82) is 0 Å². The van der Waals surface area contributed by atoms with Crippen molar-refractivity contribution in [2.75, 3.05) is 0 Å². The number of nitro groups is 1. The molecule has 7 heteroatoms. The molecule has 2 aromatic rings. The van der Waals surface area contributed by atoms with Crippen molar-refractivity contribution in [1.82, 2.24) is 0 Å². The quantitative estimate of drug-likeness (QED) is 0.689. The number of rotatable bonds is 4. The summed E-state index contributed by atoms with van der Waals surface area (Å²) in [6.07, 6.45) is -1.05. The van der Waals surface area contributed by atoms with E-state index in [9.17, 15) is 24.0 Å². The third kappa shape index (κ3) is 3.14. The summed E-state index contributed by atoms with van der Waals surface area (Å²) in [7, 11) is 0. The molecule has 0 bridgehead atoms. The Morgan fingerprint density at radius 3 is 2.62 bits per heavy atom. The molecule has 21 heavy (non-hydrogen) atoms. The number of hydrogen-bond acceptors (Lipinski definition) is 4. The van der Waals surface area contributed by atoms with Gasteiger partial charge in [0, 0.05) is 17.7 Å². The zero-order valence-electron chi connectivity index (χ0n) is 10.9. The van der Waals surface area contributed by atoms with Crippen LogP contribution >= 0.6 is 0 Å². The summed E-state index contributed by atoms with van der Waals surface area (Å²) in [5.41, 5.74) is -0.398. The van der Waals surface area contributed by atoms with Gasteiger partial charge in [-0.2, -0.15) is 0 Å². The molecule has 0 aromatic heterocycles. The molecule has 0 aliphatic rings. The van der Waals surface area contributed by atoms with Crippen LogP contribution in [0.1, 0.15) is 18.6 Å². The van der Waals surface area contributed by atoms with Gasteiger partial charge in [0.1, 0.15) is 5.82 Å². The second-order valence-corrected chi connectivity index (χ2v) is 4.31. The number of nitro benzene ring substituents is 1. The van der Waals surface area contributed by atoms with Gasteiger partial charge in [0.05, 0.1) is 11.0 Å². The van der Waals surface area contributed by atoms with Crippen LogP contribution in [0.4, 0.5) is 14.5 Å². The number of ether oxygens (including phenoxy) is 1. The highest BCUT2D eigenvalue weighted by Crippen LogP contribution is 2.36. The Labute approximate surface area is 118 Å². The highest BCUT2D eigenvalue weighted by molar-refractivity contribution is 5.50. The first-order chi connectivity index (χ1) is 9.90. The molecule has 0 aliphatic heterocycles. The fourth-order valence-corrected chi connectivity index (χ4v) is 1.79. The maximum atomic E-state index is 13.8. The molecule has 0 heterocycles. The largest absolute Gasteiger partial charge is 0.447 e. The summed E-state index contributed by atoms with van der Waals surface area (Å²) >= 11 is 0. The number of hydrogen-bond donors (Lipinski definition) is 1. The molecule has 0 spiro atoms. The van der Waals surface area contributed by atoms with Gasteiger partial charge in [-0.3, -0.25) is 10.1 Å². The van der Waals surface area contributed by atoms with Crippen LogP contribution < -0.4 is 4.74 Å². The topological polar surface area (TPSA) is 72.6 Å². The van der Waals surface area contributed by atoms with Crippen LogP contribution in [0.15, 0.2) is 36.4 Å².